The minimum Gasteiger partial charge on any atom is -0.310 e. The van der Waals surface area contributed by atoms with E-state index >= 15 is 0 Å². The van der Waals surface area contributed by atoms with Crippen LogP contribution in [-0.2, 0) is 10.5 Å². The molecule has 1 heterocycles. The Morgan fingerprint density at radius 1 is 1.42 bits per heavy atom. The second kappa shape index (κ2) is 7.97. The molecule has 5 nitrogen and oxygen atoms in total. The Hall–Kier alpha value is -2.33. The van der Waals surface area contributed by atoms with Gasteiger partial charge >= 0.3 is 0 Å². The van der Waals surface area contributed by atoms with Gasteiger partial charge in [-0.05, 0) is 38.5 Å². The summed E-state index contributed by atoms with van der Waals surface area (Å²) >= 11 is 1.39. The summed E-state index contributed by atoms with van der Waals surface area (Å²) < 4.78 is 14.9. The van der Waals surface area contributed by atoms with Crippen molar-refractivity contribution in [3.8, 4) is 6.07 Å². The monoisotopic (exact) mass is 346 g/mol. The second-order valence-corrected chi connectivity index (χ2v) is 6.94. The van der Waals surface area contributed by atoms with Crippen molar-refractivity contribution in [1.82, 2.24) is 9.78 Å². The number of nitrogens with zero attached hydrogens (tertiary/aromatic N) is 3. The van der Waals surface area contributed by atoms with E-state index in [0.29, 0.717) is 17.1 Å². The highest BCUT2D eigenvalue weighted by atomic mass is 32.2. The predicted octanol–water partition coefficient (Wildman–Crippen LogP) is 3.74. The van der Waals surface area contributed by atoms with Gasteiger partial charge in [-0.1, -0.05) is 6.07 Å². The Kier molecular flexibility index (Phi) is 5.99. The van der Waals surface area contributed by atoms with Crippen molar-refractivity contribution >= 4 is 23.5 Å². The molecule has 2 aromatic rings. The Morgan fingerprint density at radius 2 is 2.17 bits per heavy atom. The number of hydrogen-bond donors (Lipinski definition) is 1. The Morgan fingerprint density at radius 3 is 2.83 bits per heavy atom. The summed E-state index contributed by atoms with van der Waals surface area (Å²) in [6, 6.07) is 8.00. The van der Waals surface area contributed by atoms with E-state index in [-0.39, 0.29) is 17.2 Å². The van der Waals surface area contributed by atoms with Crippen LogP contribution in [0.25, 0.3) is 0 Å². The van der Waals surface area contributed by atoms with Gasteiger partial charge in [-0.2, -0.15) is 10.4 Å². The highest BCUT2D eigenvalue weighted by molar-refractivity contribution is 7.99. The van der Waals surface area contributed by atoms with Crippen molar-refractivity contribution < 1.29 is 9.18 Å². The summed E-state index contributed by atoms with van der Waals surface area (Å²) in [5.41, 5.74) is 1.02. The highest BCUT2D eigenvalue weighted by Crippen LogP contribution is 2.22. The number of carbonyl (C=O) groups excluding carboxylic acids is 1. The molecular formula is C17H19FN4OS. The average molecular weight is 346 g/mol. The maximum atomic E-state index is 13.1. The van der Waals surface area contributed by atoms with Crippen molar-refractivity contribution in [2.24, 2.45) is 0 Å². The number of carbonyl (C=O) groups is 1. The molecule has 7 heteroatoms. The standard InChI is InChI=1S/C17H19FN4OS/c1-11(2)22-16(6-7-20-22)21-17(23)12(3)24-10-13-4-5-15(18)8-14(13)9-19/h4-8,11-12H,10H2,1-3H3,(H,21,23). The minimum absolute atomic E-state index is 0.136. The van der Waals surface area contributed by atoms with Gasteiger partial charge in [0.2, 0.25) is 5.91 Å². The third-order valence-corrected chi connectivity index (χ3v) is 4.65. The second-order valence-electron chi connectivity index (χ2n) is 5.61. The van der Waals surface area contributed by atoms with Gasteiger partial charge in [-0.15, -0.1) is 11.8 Å². The first-order valence-corrected chi connectivity index (χ1v) is 8.61. The normalized spacial score (nSPS) is 12.0. The van der Waals surface area contributed by atoms with E-state index in [1.165, 1.54) is 23.9 Å². The molecule has 0 aliphatic heterocycles. The smallest absolute Gasteiger partial charge is 0.238 e. The topological polar surface area (TPSA) is 70.7 Å². The number of anilines is 1. The lowest BCUT2D eigenvalue weighted by Crippen LogP contribution is -2.24. The Labute approximate surface area is 144 Å². The van der Waals surface area contributed by atoms with Crippen LogP contribution >= 0.6 is 11.8 Å². The van der Waals surface area contributed by atoms with Crippen molar-refractivity contribution in [2.45, 2.75) is 37.8 Å². The maximum Gasteiger partial charge on any atom is 0.238 e. The zero-order valence-electron chi connectivity index (χ0n) is 13.8. The molecule has 0 spiro atoms. The number of aromatic nitrogens is 2. The van der Waals surface area contributed by atoms with Crippen molar-refractivity contribution in [3.63, 3.8) is 0 Å². The molecule has 0 aliphatic rings. The number of halogens is 1. The lowest BCUT2D eigenvalue weighted by Gasteiger charge is -2.15. The summed E-state index contributed by atoms with van der Waals surface area (Å²) in [6.45, 7) is 5.77. The number of nitrogens with one attached hydrogen (secondary N) is 1. The molecule has 0 bridgehead atoms. The fourth-order valence-corrected chi connectivity index (χ4v) is 3.01. The molecule has 1 aromatic carbocycles. The molecule has 1 aromatic heterocycles. The lowest BCUT2D eigenvalue weighted by atomic mass is 10.1. The quantitative estimate of drug-likeness (QED) is 0.865. The predicted molar refractivity (Wildman–Crippen MR) is 93.1 cm³/mol. The number of thioether (sulfide) groups is 1. The summed E-state index contributed by atoms with van der Waals surface area (Å²) in [4.78, 5) is 12.3. The van der Waals surface area contributed by atoms with Gasteiger partial charge in [-0.25, -0.2) is 9.07 Å². The van der Waals surface area contributed by atoms with E-state index in [1.807, 2.05) is 19.9 Å². The van der Waals surface area contributed by atoms with E-state index in [1.54, 1.807) is 29.9 Å². The number of hydrogen-bond acceptors (Lipinski definition) is 4. The first-order chi connectivity index (χ1) is 11.4. The van der Waals surface area contributed by atoms with Gasteiger partial charge in [-0.3, -0.25) is 4.79 Å². The molecular weight excluding hydrogens is 327 g/mol. The summed E-state index contributed by atoms with van der Waals surface area (Å²) in [7, 11) is 0. The van der Waals surface area contributed by atoms with Crippen LogP contribution in [-0.4, -0.2) is 20.9 Å². The van der Waals surface area contributed by atoms with Gasteiger partial charge in [0.25, 0.3) is 0 Å². The average Bonchev–Trinajstić information content (AvgIpc) is 3.01. The molecule has 0 saturated carbocycles. The third kappa shape index (κ3) is 4.36. The Bertz CT molecular complexity index is 766. The number of benzene rings is 1. The van der Waals surface area contributed by atoms with E-state index in [4.69, 9.17) is 5.26 Å². The lowest BCUT2D eigenvalue weighted by molar-refractivity contribution is -0.115. The van der Waals surface area contributed by atoms with E-state index in [9.17, 15) is 9.18 Å². The minimum atomic E-state index is -0.437. The van der Waals surface area contributed by atoms with E-state index in [2.05, 4.69) is 10.4 Å². The van der Waals surface area contributed by atoms with Crippen LogP contribution in [0.5, 0.6) is 0 Å². The van der Waals surface area contributed by atoms with Crippen LogP contribution < -0.4 is 5.32 Å². The van der Waals surface area contributed by atoms with Crippen LogP contribution in [0.1, 0.15) is 37.9 Å². The number of nitriles is 1. The first kappa shape index (κ1) is 18.0. The largest absolute Gasteiger partial charge is 0.310 e. The number of amides is 1. The van der Waals surface area contributed by atoms with Crippen molar-refractivity contribution in [2.75, 3.05) is 5.32 Å². The van der Waals surface area contributed by atoms with E-state index < -0.39 is 5.82 Å². The van der Waals surface area contributed by atoms with Gasteiger partial charge < -0.3 is 5.32 Å². The van der Waals surface area contributed by atoms with Crippen LogP contribution in [0.4, 0.5) is 10.2 Å². The fourth-order valence-electron chi connectivity index (χ4n) is 2.12. The molecule has 0 aliphatic carbocycles. The zero-order chi connectivity index (χ0) is 17.7. The molecule has 0 fully saturated rings. The third-order valence-electron chi connectivity index (χ3n) is 3.46. The Balaban J connectivity index is 1.97. The molecule has 0 saturated heterocycles. The van der Waals surface area contributed by atoms with Gasteiger partial charge in [0.05, 0.1) is 23.1 Å². The van der Waals surface area contributed by atoms with Gasteiger partial charge in [0.1, 0.15) is 11.6 Å². The molecule has 126 valence electrons. The SMILES string of the molecule is CC(SCc1ccc(F)cc1C#N)C(=O)Nc1ccnn1C(C)C. The van der Waals surface area contributed by atoms with Crippen molar-refractivity contribution in [1.29, 1.82) is 5.26 Å². The maximum absolute atomic E-state index is 13.1. The molecule has 0 radical (unpaired) electrons. The number of rotatable bonds is 6. The first-order valence-electron chi connectivity index (χ1n) is 7.57. The highest BCUT2D eigenvalue weighted by Gasteiger charge is 2.17. The summed E-state index contributed by atoms with van der Waals surface area (Å²) in [5, 5.41) is 15.8. The molecule has 1 atom stereocenters. The molecule has 2 rings (SSSR count). The van der Waals surface area contributed by atoms with Gasteiger partial charge in [0.15, 0.2) is 0 Å². The van der Waals surface area contributed by atoms with Crippen LogP contribution in [0, 0.1) is 17.1 Å². The molecule has 1 N–H and O–H groups in total. The van der Waals surface area contributed by atoms with Crippen molar-refractivity contribution in [3.05, 3.63) is 47.4 Å². The summed E-state index contributed by atoms with van der Waals surface area (Å²) in [6.07, 6.45) is 1.64. The van der Waals surface area contributed by atoms with Crippen LogP contribution in [0.2, 0.25) is 0 Å². The molecule has 1 amide bonds. The van der Waals surface area contributed by atoms with Crippen LogP contribution in [0.3, 0.4) is 0 Å². The van der Waals surface area contributed by atoms with Gasteiger partial charge in [0, 0.05) is 17.9 Å². The van der Waals surface area contributed by atoms with Crippen LogP contribution in [0.15, 0.2) is 30.5 Å². The zero-order valence-corrected chi connectivity index (χ0v) is 14.6. The molecule has 1 unspecified atom stereocenters. The van der Waals surface area contributed by atoms with E-state index in [0.717, 1.165) is 5.56 Å². The summed E-state index contributed by atoms with van der Waals surface area (Å²) in [5.74, 6) is 0.541. The molecule has 24 heavy (non-hydrogen) atoms. The fraction of sp³-hybridized carbons (Fsp3) is 0.353.